The maximum Gasteiger partial charge on any atom is 0.343 e. The molecule has 0 heterocycles. The molecule has 3 aromatic rings. The summed E-state index contributed by atoms with van der Waals surface area (Å²) >= 11 is 0. The molecule has 0 saturated carbocycles. The van der Waals surface area contributed by atoms with Crippen molar-refractivity contribution in [3.05, 3.63) is 94.8 Å². The van der Waals surface area contributed by atoms with Gasteiger partial charge in [0.05, 0.1) is 23.8 Å². The Bertz CT molecular complexity index is 1540. The van der Waals surface area contributed by atoms with Crippen molar-refractivity contribution < 1.29 is 28.2 Å². The standard InChI is InChI=1S/C48H65FO5/c1-4-6-8-10-12-13-14-15-16-17-18-19-21-23-37-52-46-36-33-43(38-45(46)49)48(51)54-44-34-29-41(30-35-44)26-25-40-27-31-42(32-28-40)47(50)53-39(3)24-22-20-11-9-7-5-2/h27-36,38-39H,4-24,37H2,1-3H3. The van der Waals surface area contributed by atoms with E-state index >= 15 is 0 Å². The highest BCUT2D eigenvalue weighted by atomic mass is 19.1. The third-order valence-electron chi connectivity index (χ3n) is 9.73. The molecular formula is C48H65FO5. The van der Waals surface area contributed by atoms with Gasteiger partial charge in [-0.1, -0.05) is 141 Å². The first kappa shape index (κ1) is 44.3. The van der Waals surface area contributed by atoms with E-state index in [0.29, 0.717) is 17.9 Å². The molecule has 0 aliphatic rings. The van der Waals surface area contributed by atoms with Crippen LogP contribution in [0.2, 0.25) is 0 Å². The zero-order valence-electron chi connectivity index (χ0n) is 33.4. The molecule has 0 fully saturated rings. The van der Waals surface area contributed by atoms with Gasteiger partial charge in [-0.25, -0.2) is 14.0 Å². The van der Waals surface area contributed by atoms with Gasteiger partial charge in [0.15, 0.2) is 11.6 Å². The highest BCUT2D eigenvalue weighted by Crippen LogP contribution is 2.22. The summed E-state index contributed by atoms with van der Waals surface area (Å²) in [6.45, 7) is 6.87. The number of rotatable bonds is 27. The number of hydrogen-bond acceptors (Lipinski definition) is 5. The largest absolute Gasteiger partial charge is 0.491 e. The third-order valence-corrected chi connectivity index (χ3v) is 9.73. The predicted octanol–water partition coefficient (Wildman–Crippen LogP) is 13.6. The zero-order chi connectivity index (χ0) is 38.6. The second-order valence-electron chi connectivity index (χ2n) is 14.6. The fourth-order valence-corrected chi connectivity index (χ4v) is 6.35. The van der Waals surface area contributed by atoms with Crippen molar-refractivity contribution in [1.82, 2.24) is 0 Å². The van der Waals surface area contributed by atoms with Crippen molar-refractivity contribution in [2.24, 2.45) is 0 Å². The number of halogens is 1. The van der Waals surface area contributed by atoms with Crippen LogP contribution in [0.3, 0.4) is 0 Å². The summed E-state index contributed by atoms with van der Waals surface area (Å²) in [5.41, 5.74) is 2.10. The van der Waals surface area contributed by atoms with Gasteiger partial charge in [0.1, 0.15) is 5.75 Å². The van der Waals surface area contributed by atoms with Gasteiger partial charge in [-0.2, -0.15) is 0 Å². The molecule has 0 aliphatic heterocycles. The van der Waals surface area contributed by atoms with E-state index < -0.39 is 11.8 Å². The number of hydrogen-bond donors (Lipinski definition) is 0. The van der Waals surface area contributed by atoms with E-state index in [0.717, 1.165) is 42.9 Å². The third kappa shape index (κ3) is 18.8. The Kier molecular flexibility index (Phi) is 22.5. The highest BCUT2D eigenvalue weighted by molar-refractivity contribution is 5.91. The van der Waals surface area contributed by atoms with Gasteiger partial charge >= 0.3 is 11.9 Å². The first-order chi connectivity index (χ1) is 26.4. The average molecular weight is 741 g/mol. The van der Waals surface area contributed by atoms with E-state index in [1.165, 1.54) is 121 Å². The Morgan fingerprint density at radius 2 is 1.04 bits per heavy atom. The lowest BCUT2D eigenvalue weighted by molar-refractivity contribution is 0.0319. The Balaban J connectivity index is 1.31. The molecule has 0 aromatic heterocycles. The van der Waals surface area contributed by atoms with Crippen LogP contribution in [0.5, 0.6) is 11.5 Å². The zero-order valence-corrected chi connectivity index (χ0v) is 33.4. The summed E-state index contributed by atoms with van der Waals surface area (Å²) in [4.78, 5) is 25.3. The van der Waals surface area contributed by atoms with E-state index in [2.05, 4.69) is 25.7 Å². The van der Waals surface area contributed by atoms with Crippen LogP contribution in [-0.2, 0) is 4.74 Å². The number of unbranched alkanes of at least 4 members (excludes halogenated alkanes) is 18. The van der Waals surface area contributed by atoms with Crippen LogP contribution >= 0.6 is 0 Å². The molecular weight excluding hydrogens is 676 g/mol. The van der Waals surface area contributed by atoms with E-state index in [1.54, 1.807) is 48.5 Å². The number of carbonyl (C=O) groups is 2. The Morgan fingerprint density at radius 3 is 1.56 bits per heavy atom. The minimum absolute atomic E-state index is 0.111. The summed E-state index contributed by atoms with van der Waals surface area (Å²) in [7, 11) is 0. The van der Waals surface area contributed by atoms with E-state index in [9.17, 15) is 14.0 Å². The maximum absolute atomic E-state index is 14.7. The summed E-state index contributed by atoms with van der Waals surface area (Å²) in [5.74, 6) is 5.11. The quantitative estimate of drug-likeness (QED) is 0.0337. The molecule has 294 valence electrons. The SMILES string of the molecule is CCCCCCCCCCCCCCCCOc1ccc(C(=O)Oc2ccc(C#Cc3ccc(C(=O)OC(C)CCCCCCCC)cc3)cc2)cc1F. The Morgan fingerprint density at radius 1 is 0.574 bits per heavy atom. The van der Waals surface area contributed by atoms with Crippen LogP contribution in [0.1, 0.15) is 187 Å². The van der Waals surface area contributed by atoms with Crippen LogP contribution < -0.4 is 9.47 Å². The Labute approximate surface area is 325 Å². The van der Waals surface area contributed by atoms with Gasteiger partial charge < -0.3 is 14.2 Å². The van der Waals surface area contributed by atoms with Crippen molar-refractivity contribution in [3.8, 4) is 23.3 Å². The molecule has 5 nitrogen and oxygen atoms in total. The van der Waals surface area contributed by atoms with Crippen molar-refractivity contribution in [3.63, 3.8) is 0 Å². The monoisotopic (exact) mass is 740 g/mol. The summed E-state index contributed by atoms with van der Waals surface area (Å²) in [6.07, 6.45) is 26.0. The van der Waals surface area contributed by atoms with Crippen molar-refractivity contribution in [1.29, 1.82) is 0 Å². The van der Waals surface area contributed by atoms with Crippen molar-refractivity contribution >= 4 is 11.9 Å². The summed E-state index contributed by atoms with van der Waals surface area (Å²) in [5, 5.41) is 0. The molecule has 0 radical (unpaired) electrons. The molecule has 1 unspecified atom stereocenters. The van der Waals surface area contributed by atoms with Gasteiger partial charge in [0, 0.05) is 11.1 Å². The smallest absolute Gasteiger partial charge is 0.343 e. The second kappa shape index (κ2) is 27.5. The van der Waals surface area contributed by atoms with Crippen molar-refractivity contribution in [2.45, 2.75) is 162 Å². The van der Waals surface area contributed by atoms with E-state index in [1.807, 2.05) is 6.92 Å². The molecule has 0 amide bonds. The molecule has 6 heteroatoms. The average Bonchev–Trinajstić information content (AvgIpc) is 3.18. The van der Waals surface area contributed by atoms with E-state index in [-0.39, 0.29) is 23.4 Å². The number of benzene rings is 3. The van der Waals surface area contributed by atoms with Crippen molar-refractivity contribution in [2.75, 3.05) is 6.61 Å². The second-order valence-corrected chi connectivity index (χ2v) is 14.6. The van der Waals surface area contributed by atoms with Crippen LogP contribution in [-0.4, -0.2) is 24.6 Å². The van der Waals surface area contributed by atoms with Gasteiger partial charge in [-0.15, -0.1) is 0 Å². The molecule has 1 atom stereocenters. The minimum atomic E-state index is -0.651. The van der Waals surface area contributed by atoms with Gasteiger partial charge in [0.25, 0.3) is 0 Å². The molecule has 0 aliphatic carbocycles. The Hall–Kier alpha value is -4.11. The lowest BCUT2D eigenvalue weighted by atomic mass is 10.0. The number of carbonyl (C=O) groups excluding carboxylic acids is 2. The number of ether oxygens (including phenoxy) is 3. The van der Waals surface area contributed by atoms with Crippen LogP contribution in [0.4, 0.5) is 4.39 Å². The van der Waals surface area contributed by atoms with Crippen LogP contribution in [0, 0.1) is 17.7 Å². The predicted molar refractivity (Wildman–Crippen MR) is 219 cm³/mol. The minimum Gasteiger partial charge on any atom is -0.491 e. The van der Waals surface area contributed by atoms with Gasteiger partial charge in [-0.3, -0.25) is 0 Å². The molecule has 54 heavy (non-hydrogen) atoms. The van der Waals surface area contributed by atoms with Gasteiger partial charge in [0.2, 0.25) is 0 Å². The van der Waals surface area contributed by atoms with Crippen LogP contribution in [0.15, 0.2) is 66.7 Å². The molecule has 0 bridgehead atoms. The number of esters is 2. The first-order valence-electron chi connectivity index (χ1n) is 21.0. The topological polar surface area (TPSA) is 61.8 Å². The molecule has 0 spiro atoms. The fraction of sp³-hybridized carbons (Fsp3) is 0.542. The molecule has 3 aromatic carbocycles. The molecule has 0 saturated heterocycles. The van der Waals surface area contributed by atoms with Gasteiger partial charge in [-0.05, 0) is 92.9 Å². The molecule has 0 N–H and O–H groups in total. The van der Waals surface area contributed by atoms with Crippen LogP contribution in [0.25, 0.3) is 0 Å². The first-order valence-corrected chi connectivity index (χ1v) is 21.0. The lowest BCUT2D eigenvalue weighted by Gasteiger charge is -2.13. The highest BCUT2D eigenvalue weighted by Gasteiger charge is 2.14. The normalized spacial score (nSPS) is 11.4. The lowest BCUT2D eigenvalue weighted by Crippen LogP contribution is -2.15. The maximum atomic E-state index is 14.7. The summed E-state index contributed by atoms with van der Waals surface area (Å²) < 4.78 is 31.5. The summed E-state index contributed by atoms with van der Waals surface area (Å²) in [6, 6.07) is 18.0. The van der Waals surface area contributed by atoms with E-state index in [4.69, 9.17) is 14.2 Å². The molecule has 3 rings (SSSR count). The fourth-order valence-electron chi connectivity index (χ4n) is 6.35.